The molecular weight excluding hydrogens is 214 g/mol. The second kappa shape index (κ2) is 3.84. The smallest absolute Gasteiger partial charge is 0.229 e. The highest BCUT2D eigenvalue weighted by Crippen LogP contribution is 2.49. The van der Waals surface area contributed by atoms with Crippen LogP contribution in [0.25, 0.3) is 0 Å². The van der Waals surface area contributed by atoms with Gasteiger partial charge in [0.15, 0.2) is 0 Å². The predicted octanol–water partition coefficient (Wildman–Crippen LogP) is 1.91. The van der Waals surface area contributed by atoms with Crippen LogP contribution < -0.4 is 5.32 Å². The first-order valence-corrected chi connectivity index (χ1v) is 6.88. The Morgan fingerprint density at radius 2 is 1.94 bits per heavy atom. The molecule has 3 rings (SSSR count). The van der Waals surface area contributed by atoms with Crippen molar-refractivity contribution in [2.45, 2.75) is 63.0 Å². The number of carbonyl (C=O) groups is 1. The van der Waals surface area contributed by atoms with E-state index in [1.54, 1.807) is 0 Å². The van der Waals surface area contributed by atoms with Gasteiger partial charge in [-0.15, -0.1) is 0 Å². The van der Waals surface area contributed by atoms with Crippen LogP contribution in [-0.4, -0.2) is 22.7 Å². The fourth-order valence-corrected chi connectivity index (χ4v) is 3.93. The Bertz CT molecular complexity index is 357. The van der Waals surface area contributed by atoms with Crippen molar-refractivity contribution in [2.24, 2.45) is 5.41 Å². The molecule has 2 unspecified atom stereocenters. The SMILES string of the molecule is O=C1NC2(C=CCCC2)C(O)C12CCCCC2. The maximum absolute atomic E-state index is 12.3. The lowest BCUT2D eigenvalue weighted by Crippen LogP contribution is -2.49. The van der Waals surface area contributed by atoms with Crippen molar-refractivity contribution in [3.63, 3.8) is 0 Å². The monoisotopic (exact) mass is 235 g/mol. The lowest BCUT2D eigenvalue weighted by atomic mass is 9.66. The Morgan fingerprint density at radius 1 is 1.18 bits per heavy atom. The average Bonchev–Trinajstić information content (AvgIpc) is 2.55. The molecule has 1 saturated heterocycles. The van der Waals surface area contributed by atoms with Crippen molar-refractivity contribution in [1.29, 1.82) is 0 Å². The van der Waals surface area contributed by atoms with Crippen molar-refractivity contribution in [3.8, 4) is 0 Å². The first-order chi connectivity index (χ1) is 8.20. The molecule has 2 fully saturated rings. The number of aliphatic hydroxyl groups excluding tert-OH is 1. The molecule has 0 aromatic carbocycles. The Labute approximate surface area is 102 Å². The Morgan fingerprint density at radius 3 is 2.59 bits per heavy atom. The number of amides is 1. The van der Waals surface area contributed by atoms with Gasteiger partial charge in [-0.3, -0.25) is 4.79 Å². The summed E-state index contributed by atoms with van der Waals surface area (Å²) in [6.45, 7) is 0. The van der Waals surface area contributed by atoms with E-state index in [1.165, 1.54) is 6.42 Å². The van der Waals surface area contributed by atoms with Gasteiger partial charge in [-0.25, -0.2) is 0 Å². The van der Waals surface area contributed by atoms with E-state index in [9.17, 15) is 9.90 Å². The molecule has 0 bridgehead atoms. The van der Waals surface area contributed by atoms with Gasteiger partial charge in [0.05, 0.1) is 17.1 Å². The average molecular weight is 235 g/mol. The Hall–Kier alpha value is -0.830. The minimum atomic E-state index is -0.528. The molecule has 3 nitrogen and oxygen atoms in total. The summed E-state index contributed by atoms with van der Waals surface area (Å²) in [6.07, 6.45) is 11.7. The van der Waals surface area contributed by atoms with Gasteiger partial charge in [-0.2, -0.15) is 0 Å². The third-order valence-electron chi connectivity index (χ3n) is 4.93. The third-order valence-corrected chi connectivity index (χ3v) is 4.93. The zero-order valence-electron chi connectivity index (χ0n) is 10.2. The van der Waals surface area contributed by atoms with Crippen molar-refractivity contribution < 1.29 is 9.90 Å². The van der Waals surface area contributed by atoms with Crippen molar-refractivity contribution in [2.75, 3.05) is 0 Å². The van der Waals surface area contributed by atoms with Gasteiger partial charge in [0.2, 0.25) is 5.91 Å². The van der Waals surface area contributed by atoms with Crippen LogP contribution in [0, 0.1) is 5.41 Å². The quantitative estimate of drug-likeness (QED) is 0.630. The zero-order valence-corrected chi connectivity index (χ0v) is 10.2. The molecule has 2 aliphatic carbocycles. The van der Waals surface area contributed by atoms with E-state index in [0.29, 0.717) is 0 Å². The van der Waals surface area contributed by atoms with Crippen LogP contribution in [0.15, 0.2) is 12.2 Å². The third kappa shape index (κ3) is 1.48. The van der Waals surface area contributed by atoms with Crippen LogP contribution >= 0.6 is 0 Å². The van der Waals surface area contributed by atoms with E-state index in [1.807, 2.05) is 6.08 Å². The first kappa shape index (κ1) is 11.3. The fourth-order valence-electron chi connectivity index (χ4n) is 3.93. The summed E-state index contributed by atoms with van der Waals surface area (Å²) >= 11 is 0. The second-order valence-electron chi connectivity index (χ2n) is 5.91. The van der Waals surface area contributed by atoms with Gasteiger partial charge in [-0.1, -0.05) is 31.4 Å². The molecule has 1 heterocycles. The number of rotatable bonds is 0. The minimum absolute atomic E-state index is 0.0938. The topological polar surface area (TPSA) is 49.3 Å². The van der Waals surface area contributed by atoms with Gasteiger partial charge in [0.1, 0.15) is 0 Å². The van der Waals surface area contributed by atoms with Crippen LogP contribution in [0.1, 0.15) is 51.4 Å². The number of nitrogens with one attached hydrogen (secondary N) is 1. The number of aliphatic hydroxyl groups is 1. The zero-order chi connectivity index (χ0) is 11.9. The molecule has 2 atom stereocenters. The van der Waals surface area contributed by atoms with Gasteiger partial charge < -0.3 is 10.4 Å². The molecule has 2 N–H and O–H groups in total. The molecule has 94 valence electrons. The molecule has 1 aliphatic heterocycles. The summed E-state index contributed by atoms with van der Waals surface area (Å²) in [5.74, 6) is 0.0938. The highest BCUT2D eigenvalue weighted by Gasteiger charge is 2.60. The van der Waals surface area contributed by atoms with E-state index in [4.69, 9.17) is 0 Å². The summed E-state index contributed by atoms with van der Waals surface area (Å²) in [6, 6.07) is 0. The summed E-state index contributed by atoms with van der Waals surface area (Å²) in [4.78, 5) is 12.3. The molecule has 0 aromatic heterocycles. The van der Waals surface area contributed by atoms with Gasteiger partial charge in [0.25, 0.3) is 0 Å². The van der Waals surface area contributed by atoms with E-state index in [0.717, 1.165) is 44.9 Å². The van der Waals surface area contributed by atoms with Crippen molar-refractivity contribution >= 4 is 5.91 Å². The summed E-state index contributed by atoms with van der Waals surface area (Å²) in [5, 5.41) is 13.8. The maximum Gasteiger partial charge on any atom is 0.229 e. The van der Waals surface area contributed by atoms with Gasteiger partial charge >= 0.3 is 0 Å². The summed E-state index contributed by atoms with van der Waals surface area (Å²) in [5.41, 5.74) is -0.938. The number of carbonyl (C=O) groups excluding carboxylic acids is 1. The second-order valence-corrected chi connectivity index (χ2v) is 5.91. The number of hydrogen-bond donors (Lipinski definition) is 2. The van der Waals surface area contributed by atoms with Gasteiger partial charge in [-0.05, 0) is 32.1 Å². The summed E-state index contributed by atoms with van der Waals surface area (Å²) < 4.78 is 0. The summed E-state index contributed by atoms with van der Waals surface area (Å²) in [7, 11) is 0. The van der Waals surface area contributed by atoms with Crippen LogP contribution in [0.3, 0.4) is 0 Å². The van der Waals surface area contributed by atoms with E-state index >= 15 is 0 Å². The number of allylic oxidation sites excluding steroid dienone is 1. The molecule has 1 saturated carbocycles. The molecule has 3 heteroatoms. The highest BCUT2D eigenvalue weighted by molar-refractivity contribution is 5.88. The fraction of sp³-hybridized carbons (Fsp3) is 0.786. The predicted molar refractivity (Wildman–Crippen MR) is 65.4 cm³/mol. The number of hydrogen-bond acceptors (Lipinski definition) is 2. The van der Waals surface area contributed by atoms with E-state index < -0.39 is 17.1 Å². The van der Waals surface area contributed by atoms with Crippen LogP contribution in [-0.2, 0) is 4.79 Å². The highest BCUT2D eigenvalue weighted by atomic mass is 16.3. The molecule has 17 heavy (non-hydrogen) atoms. The van der Waals surface area contributed by atoms with Crippen molar-refractivity contribution in [3.05, 3.63) is 12.2 Å². The van der Waals surface area contributed by atoms with Crippen LogP contribution in [0.5, 0.6) is 0 Å². The Kier molecular flexibility index (Phi) is 2.54. The van der Waals surface area contributed by atoms with Crippen LogP contribution in [0.2, 0.25) is 0 Å². The Balaban J connectivity index is 1.95. The largest absolute Gasteiger partial charge is 0.389 e. The molecule has 0 aromatic rings. The normalized spacial score (nSPS) is 39.8. The lowest BCUT2D eigenvalue weighted by Gasteiger charge is -2.38. The molecule has 0 radical (unpaired) electrons. The van der Waals surface area contributed by atoms with Gasteiger partial charge in [0, 0.05) is 0 Å². The maximum atomic E-state index is 12.3. The molecule has 1 amide bonds. The van der Waals surface area contributed by atoms with Crippen LogP contribution in [0.4, 0.5) is 0 Å². The minimum Gasteiger partial charge on any atom is -0.389 e. The lowest BCUT2D eigenvalue weighted by molar-refractivity contribution is -0.133. The van der Waals surface area contributed by atoms with E-state index in [2.05, 4.69) is 11.4 Å². The van der Waals surface area contributed by atoms with E-state index in [-0.39, 0.29) is 5.91 Å². The van der Waals surface area contributed by atoms with Crippen molar-refractivity contribution in [1.82, 2.24) is 5.32 Å². The molecule has 2 spiro atoms. The standard InChI is InChI=1S/C14H21NO2/c16-11-13(7-3-1-4-8-13)12(17)15-14(11)9-5-2-6-10-14/h5,9,11,16H,1-4,6-8,10H2,(H,15,17). The molecular formula is C14H21NO2. The first-order valence-electron chi connectivity index (χ1n) is 6.88. The molecule has 3 aliphatic rings.